The lowest BCUT2D eigenvalue weighted by Crippen LogP contribution is -2.45. The summed E-state index contributed by atoms with van der Waals surface area (Å²) >= 11 is 0. The molecule has 0 saturated heterocycles. The molecular formula is C22H22N6O2. The summed E-state index contributed by atoms with van der Waals surface area (Å²) in [4.78, 5) is 25.4. The van der Waals surface area contributed by atoms with Gasteiger partial charge in [-0.05, 0) is 62.1 Å². The first kappa shape index (κ1) is 18.4. The first-order chi connectivity index (χ1) is 14.7. The molecule has 5 rings (SSSR count). The Hall–Kier alpha value is -3.68. The van der Waals surface area contributed by atoms with Crippen LogP contribution in [0.25, 0.3) is 21.8 Å². The van der Waals surface area contributed by atoms with Crippen LogP contribution in [0.4, 0.5) is 0 Å². The van der Waals surface area contributed by atoms with Gasteiger partial charge in [-0.3, -0.25) is 19.8 Å². The molecule has 4 aromatic rings. The van der Waals surface area contributed by atoms with Crippen LogP contribution in [-0.2, 0) is 0 Å². The molecule has 2 heterocycles. The second kappa shape index (κ2) is 7.62. The number of H-pyrrole nitrogens is 2. The highest BCUT2D eigenvalue weighted by Gasteiger charge is 2.25. The quantitative estimate of drug-likeness (QED) is 0.420. The molecule has 1 saturated carbocycles. The van der Waals surface area contributed by atoms with E-state index in [0.29, 0.717) is 11.1 Å². The smallest absolute Gasteiger partial charge is 0.251 e. The third-order valence-corrected chi connectivity index (χ3v) is 5.75. The normalized spacial score (nSPS) is 19.1. The van der Waals surface area contributed by atoms with Gasteiger partial charge in [0, 0.05) is 34.0 Å². The highest BCUT2D eigenvalue weighted by molar-refractivity contribution is 5.99. The minimum absolute atomic E-state index is 0.0351. The third kappa shape index (κ3) is 3.63. The number of carbonyl (C=O) groups excluding carboxylic acids is 2. The number of hydrogen-bond acceptors (Lipinski definition) is 4. The SMILES string of the molecule is O=C(NC1CCCC(NC(=O)c2ccc3[nH]ncc3c2)C1)c1ccc2[nH]ncc2c1. The molecule has 2 aromatic carbocycles. The minimum Gasteiger partial charge on any atom is -0.349 e. The predicted molar refractivity (Wildman–Crippen MR) is 113 cm³/mol. The number of hydrogen-bond donors (Lipinski definition) is 4. The zero-order valence-electron chi connectivity index (χ0n) is 16.3. The summed E-state index contributed by atoms with van der Waals surface area (Å²) < 4.78 is 0. The lowest BCUT2D eigenvalue weighted by Gasteiger charge is -2.30. The monoisotopic (exact) mass is 402 g/mol. The van der Waals surface area contributed by atoms with Crippen LogP contribution in [-0.4, -0.2) is 44.3 Å². The molecule has 1 fully saturated rings. The Morgan fingerprint density at radius 3 is 1.80 bits per heavy atom. The van der Waals surface area contributed by atoms with Gasteiger partial charge in [-0.25, -0.2) is 0 Å². The Morgan fingerprint density at radius 2 is 1.30 bits per heavy atom. The molecular weight excluding hydrogens is 380 g/mol. The van der Waals surface area contributed by atoms with E-state index in [1.807, 2.05) is 24.3 Å². The fourth-order valence-electron chi connectivity index (χ4n) is 4.16. The molecule has 152 valence electrons. The van der Waals surface area contributed by atoms with Crippen molar-refractivity contribution in [2.75, 3.05) is 0 Å². The average molecular weight is 402 g/mol. The van der Waals surface area contributed by atoms with E-state index in [1.165, 1.54) is 0 Å². The first-order valence-corrected chi connectivity index (χ1v) is 10.1. The van der Waals surface area contributed by atoms with Crippen LogP contribution in [0.5, 0.6) is 0 Å². The van der Waals surface area contributed by atoms with Crippen molar-refractivity contribution >= 4 is 33.6 Å². The van der Waals surface area contributed by atoms with Gasteiger partial charge in [0.05, 0.1) is 23.4 Å². The van der Waals surface area contributed by atoms with Crippen LogP contribution < -0.4 is 10.6 Å². The Labute approximate surface area is 172 Å². The molecule has 0 aliphatic heterocycles. The van der Waals surface area contributed by atoms with Crippen molar-refractivity contribution in [3.05, 3.63) is 59.9 Å². The molecule has 1 aliphatic carbocycles. The maximum atomic E-state index is 12.7. The maximum Gasteiger partial charge on any atom is 0.251 e. The Kier molecular flexibility index (Phi) is 4.66. The molecule has 0 spiro atoms. The van der Waals surface area contributed by atoms with Crippen LogP contribution >= 0.6 is 0 Å². The van der Waals surface area contributed by atoms with E-state index in [0.717, 1.165) is 47.5 Å². The van der Waals surface area contributed by atoms with E-state index < -0.39 is 0 Å². The molecule has 4 N–H and O–H groups in total. The molecule has 2 amide bonds. The van der Waals surface area contributed by atoms with E-state index in [4.69, 9.17) is 0 Å². The zero-order chi connectivity index (χ0) is 20.5. The number of amides is 2. The van der Waals surface area contributed by atoms with E-state index in [2.05, 4.69) is 31.0 Å². The first-order valence-electron chi connectivity index (χ1n) is 10.1. The van der Waals surface area contributed by atoms with Crippen molar-refractivity contribution in [1.29, 1.82) is 0 Å². The van der Waals surface area contributed by atoms with E-state index in [9.17, 15) is 9.59 Å². The number of fused-ring (bicyclic) bond motifs is 2. The predicted octanol–water partition coefficient (Wildman–Crippen LogP) is 2.91. The van der Waals surface area contributed by atoms with Crippen molar-refractivity contribution < 1.29 is 9.59 Å². The topological polar surface area (TPSA) is 116 Å². The van der Waals surface area contributed by atoms with Gasteiger partial charge in [-0.15, -0.1) is 0 Å². The number of aromatic amines is 2. The molecule has 2 unspecified atom stereocenters. The summed E-state index contributed by atoms with van der Waals surface area (Å²) in [6.45, 7) is 0. The molecule has 8 nitrogen and oxygen atoms in total. The van der Waals surface area contributed by atoms with Crippen molar-refractivity contribution in [2.24, 2.45) is 0 Å². The van der Waals surface area contributed by atoms with E-state index >= 15 is 0 Å². The van der Waals surface area contributed by atoms with Crippen LogP contribution in [0.15, 0.2) is 48.8 Å². The van der Waals surface area contributed by atoms with Gasteiger partial charge in [-0.2, -0.15) is 10.2 Å². The number of benzene rings is 2. The Bertz CT molecular complexity index is 1130. The van der Waals surface area contributed by atoms with Crippen molar-refractivity contribution in [3.63, 3.8) is 0 Å². The summed E-state index contributed by atoms with van der Waals surface area (Å²) in [6.07, 6.45) is 6.91. The molecule has 0 bridgehead atoms. The van der Waals surface area contributed by atoms with Gasteiger partial charge in [0.2, 0.25) is 0 Å². The van der Waals surface area contributed by atoms with Gasteiger partial charge in [0.25, 0.3) is 11.8 Å². The number of nitrogens with zero attached hydrogens (tertiary/aromatic N) is 2. The highest BCUT2D eigenvalue weighted by Crippen LogP contribution is 2.21. The molecule has 8 heteroatoms. The number of rotatable bonds is 4. The van der Waals surface area contributed by atoms with Crippen molar-refractivity contribution in [3.8, 4) is 0 Å². The van der Waals surface area contributed by atoms with Crippen LogP contribution in [0.1, 0.15) is 46.4 Å². The van der Waals surface area contributed by atoms with Gasteiger partial charge < -0.3 is 10.6 Å². The second-order valence-corrected chi connectivity index (χ2v) is 7.85. The second-order valence-electron chi connectivity index (χ2n) is 7.85. The highest BCUT2D eigenvalue weighted by atomic mass is 16.2. The Morgan fingerprint density at radius 1 is 0.800 bits per heavy atom. The molecule has 30 heavy (non-hydrogen) atoms. The average Bonchev–Trinajstić information content (AvgIpc) is 3.42. The van der Waals surface area contributed by atoms with Crippen molar-refractivity contribution in [1.82, 2.24) is 31.0 Å². The Balaban J connectivity index is 1.21. The molecule has 2 aromatic heterocycles. The van der Waals surface area contributed by atoms with Gasteiger partial charge in [0.15, 0.2) is 0 Å². The van der Waals surface area contributed by atoms with E-state index in [1.54, 1.807) is 24.5 Å². The largest absolute Gasteiger partial charge is 0.349 e. The summed E-state index contributed by atoms with van der Waals surface area (Å²) in [5, 5.41) is 21.8. The summed E-state index contributed by atoms with van der Waals surface area (Å²) in [7, 11) is 0. The fourth-order valence-corrected chi connectivity index (χ4v) is 4.16. The lowest BCUT2D eigenvalue weighted by molar-refractivity contribution is 0.0903. The lowest BCUT2D eigenvalue weighted by atomic mass is 9.90. The summed E-state index contributed by atoms with van der Waals surface area (Å²) in [5.41, 5.74) is 3.04. The number of aromatic nitrogens is 4. The maximum absolute atomic E-state index is 12.7. The summed E-state index contributed by atoms with van der Waals surface area (Å²) in [5.74, 6) is -0.194. The third-order valence-electron chi connectivity index (χ3n) is 5.75. The summed E-state index contributed by atoms with van der Waals surface area (Å²) in [6, 6.07) is 11.1. The van der Waals surface area contributed by atoms with Crippen molar-refractivity contribution in [2.45, 2.75) is 37.8 Å². The minimum atomic E-state index is -0.0968. The van der Waals surface area contributed by atoms with Crippen LogP contribution in [0, 0.1) is 0 Å². The number of nitrogens with one attached hydrogen (secondary N) is 4. The molecule has 2 atom stereocenters. The van der Waals surface area contributed by atoms with Crippen LogP contribution in [0.3, 0.4) is 0 Å². The van der Waals surface area contributed by atoms with Gasteiger partial charge in [-0.1, -0.05) is 0 Å². The standard InChI is InChI=1S/C22H22N6O2/c29-21(13-4-6-19-15(8-13)11-23-27-19)25-17-2-1-3-18(10-17)26-22(30)14-5-7-20-16(9-14)12-24-28-20/h4-9,11-12,17-18H,1-3,10H2,(H,23,27)(H,24,28)(H,25,29)(H,26,30). The zero-order valence-corrected chi connectivity index (χ0v) is 16.3. The number of carbonyl (C=O) groups is 2. The van der Waals surface area contributed by atoms with Gasteiger partial charge in [0.1, 0.15) is 0 Å². The van der Waals surface area contributed by atoms with Crippen LogP contribution in [0.2, 0.25) is 0 Å². The van der Waals surface area contributed by atoms with E-state index in [-0.39, 0.29) is 23.9 Å². The fraction of sp³-hybridized carbons (Fsp3) is 0.273. The molecule has 0 radical (unpaired) electrons. The van der Waals surface area contributed by atoms with Gasteiger partial charge >= 0.3 is 0 Å². The molecule has 1 aliphatic rings.